The third-order valence-corrected chi connectivity index (χ3v) is 5.21. The van der Waals surface area contributed by atoms with E-state index in [1.165, 1.54) is 11.9 Å². The predicted molar refractivity (Wildman–Crippen MR) is 136 cm³/mol. The molecule has 1 atom stereocenters. The quantitative estimate of drug-likeness (QED) is 0.418. The SMILES string of the molecule is COc1ccc(CN(CCOCC(C(=O)O)N(C)C(=O)OCc2ccccc2)C(=O)OC(C)(C)C)cc1. The van der Waals surface area contributed by atoms with Crippen molar-refractivity contribution in [1.82, 2.24) is 9.80 Å². The molecule has 0 saturated carbocycles. The molecule has 10 nitrogen and oxygen atoms in total. The summed E-state index contributed by atoms with van der Waals surface area (Å²) >= 11 is 0. The number of likely N-dealkylation sites (N-methyl/N-ethyl adjacent to an activating group) is 1. The van der Waals surface area contributed by atoms with Crippen LogP contribution < -0.4 is 4.74 Å². The van der Waals surface area contributed by atoms with Crippen molar-refractivity contribution in [2.24, 2.45) is 0 Å². The van der Waals surface area contributed by atoms with E-state index >= 15 is 0 Å². The molecule has 0 saturated heterocycles. The van der Waals surface area contributed by atoms with Gasteiger partial charge in [-0.3, -0.25) is 4.90 Å². The Balaban J connectivity index is 1.94. The fraction of sp³-hybridized carbons (Fsp3) is 0.444. The van der Waals surface area contributed by atoms with Gasteiger partial charge in [0.05, 0.1) is 20.3 Å². The lowest BCUT2D eigenvalue weighted by Gasteiger charge is -2.28. The van der Waals surface area contributed by atoms with Crippen LogP contribution in [0.1, 0.15) is 31.9 Å². The Morgan fingerprint density at radius 2 is 1.59 bits per heavy atom. The van der Waals surface area contributed by atoms with E-state index in [-0.39, 0.29) is 32.9 Å². The van der Waals surface area contributed by atoms with Gasteiger partial charge >= 0.3 is 18.2 Å². The normalized spacial score (nSPS) is 11.8. The van der Waals surface area contributed by atoms with E-state index in [0.29, 0.717) is 5.75 Å². The van der Waals surface area contributed by atoms with Gasteiger partial charge in [-0.15, -0.1) is 0 Å². The average molecular weight is 517 g/mol. The highest BCUT2D eigenvalue weighted by Crippen LogP contribution is 2.16. The molecule has 2 rings (SSSR count). The Morgan fingerprint density at radius 1 is 0.946 bits per heavy atom. The summed E-state index contributed by atoms with van der Waals surface area (Å²) in [6.45, 7) is 5.51. The van der Waals surface area contributed by atoms with Gasteiger partial charge in [0.15, 0.2) is 6.04 Å². The number of aliphatic carboxylic acids is 1. The van der Waals surface area contributed by atoms with Gasteiger partial charge < -0.3 is 29.0 Å². The molecule has 0 bridgehead atoms. The van der Waals surface area contributed by atoms with Crippen LogP contribution in [-0.4, -0.2) is 78.6 Å². The topological polar surface area (TPSA) is 115 Å². The van der Waals surface area contributed by atoms with E-state index < -0.39 is 29.8 Å². The smallest absolute Gasteiger partial charge is 0.410 e. The number of rotatable bonds is 12. The van der Waals surface area contributed by atoms with E-state index in [1.54, 1.807) is 52.1 Å². The third kappa shape index (κ3) is 10.4. The van der Waals surface area contributed by atoms with Crippen LogP contribution in [0.4, 0.5) is 9.59 Å². The molecular formula is C27H36N2O8. The third-order valence-electron chi connectivity index (χ3n) is 5.21. The van der Waals surface area contributed by atoms with Crippen LogP contribution in [0.15, 0.2) is 54.6 Å². The minimum absolute atomic E-state index is 0.0212. The standard InChI is InChI=1S/C27H36N2O8/c1-27(2,3)37-26(33)29(17-20-11-13-22(34-5)14-12-20)15-16-35-19-23(24(30)31)28(4)25(32)36-18-21-9-7-6-8-10-21/h6-14,23H,15-19H2,1-5H3,(H,30,31). The number of hydrogen-bond donors (Lipinski definition) is 1. The molecule has 37 heavy (non-hydrogen) atoms. The second kappa shape index (κ2) is 14.1. The Labute approximate surface area is 217 Å². The van der Waals surface area contributed by atoms with Crippen LogP contribution >= 0.6 is 0 Å². The summed E-state index contributed by atoms with van der Waals surface area (Å²) in [5.41, 5.74) is 0.954. The maximum Gasteiger partial charge on any atom is 0.410 e. The lowest BCUT2D eigenvalue weighted by Crippen LogP contribution is -2.46. The van der Waals surface area contributed by atoms with Crippen LogP contribution in [0.5, 0.6) is 5.75 Å². The molecule has 1 unspecified atom stereocenters. The molecule has 0 radical (unpaired) electrons. The number of carboxylic acid groups (broad SMARTS) is 1. The van der Waals surface area contributed by atoms with Gasteiger partial charge in [0.1, 0.15) is 18.0 Å². The first-order chi connectivity index (χ1) is 17.5. The van der Waals surface area contributed by atoms with E-state index in [0.717, 1.165) is 16.0 Å². The van der Waals surface area contributed by atoms with Crippen LogP contribution in [-0.2, 0) is 32.2 Å². The van der Waals surface area contributed by atoms with Crippen molar-refractivity contribution in [1.29, 1.82) is 0 Å². The van der Waals surface area contributed by atoms with E-state index in [1.807, 2.05) is 30.3 Å². The number of methoxy groups -OCH3 is 1. The summed E-state index contributed by atoms with van der Waals surface area (Å²) < 4.78 is 21.5. The number of nitrogens with zero attached hydrogens (tertiary/aromatic N) is 2. The zero-order valence-electron chi connectivity index (χ0n) is 22.0. The Bertz CT molecular complexity index is 1010. The molecule has 10 heteroatoms. The lowest BCUT2D eigenvalue weighted by atomic mass is 10.2. The van der Waals surface area contributed by atoms with Crippen molar-refractivity contribution in [3.05, 3.63) is 65.7 Å². The predicted octanol–water partition coefficient (Wildman–Crippen LogP) is 4.17. The zero-order chi connectivity index (χ0) is 27.4. The minimum Gasteiger partial charge on any atom is -0.497 e. The van der Waals surface area contributed by atoms with Gasteiger partial charge in [0.2, 0.25) is 0 Å². The molecule has 0 aromatic heterocycles. The molecule has 2 aromatic rings. The zero-order valence-corrected chi connectivity index (χ0v) is 22.0. The number of ether oxygens (including phenoxy) is 4. The molecule has 0 heterocycles. The maximum absolute atomic E-state index is 12.8. The second-order valence-electron chi connectivity index (χ2n) is 9.33. The molecule has 202 valence electrons. The van der Waals surface area contributed by atoms with Gasteiger partial charge in [-0.2, -0.15) is 0 Å². The van der Waals surface area contributed by atoms with Crippen LogP contribution in [0.2, 0.25) is 0 Å². The Kier molecular flexibility index (Phi) is 11.2. The second-order valence-corrected chi connectivity index (χ2v) is 9.33. The largest absolute Gasteiger partial charge is 0.497 e. The van der Waals surface area contributed by atoms with Gasteiger partial charge in [-0.25, -0.2) is 14.4 Å². The highest BCUT2D eigenvalue weighted by Gasteiger charge is 2.28. The van der Waals surface area contributed by atoms with Crippen molar-refractivity contribution in [3.63, 3.8) is 0 Å². The Morgan fingerprint density at radius 3 is 2.16 bits per heavy atom. The molecule has 0 spiro atoms. The van der Waals surface area contributed by atoms with Gasteiger partial charge in [-0.1, -0.05) is 42.5 Å². The molecular weight excluding hydrogens is 480 g/mol. The summed E-state index contributed by atoms with van der Waals surface area (Å²) in [6.07, 6.45) is -1.31. The summed E-state index contributed by atoms with van der Waals surface area (Å²) in [6, 6.07) is 15.1. The fourth-order valence-corrected chi connectivity index (χ4v) is 3.18. The summed E-state index contributed by atoms with van der Waals surface area (Å²) in [7, 11) is 2.91. The molecule has 0 aliphatic heterocycles. The van der Waals surface area contributed by atoms with Crippen molar-refractivity contribution in [3.8, 4) is 5.75 Å². The molecule has 2 amide bonds. The van der Waals surface area contributed by atoms with Crippen LogP contribution in [0.25, 0.3) is 0 Å². The van der Waals surface area contributed by atoms with Gasteiger partial charge in [-0.05, 0) is 44.0 Å². The first-order valence-electron chi connectivity index (χ1n) is 11.8. The Hall–Kier alpha value is -3.79. The highest BCUT2D eigenvalue weighted by molar-refractivity contribution is 5.80. The lowest BCUT2D eigenvalue weighted by molar-refractivity contribution is -0.144. The number of amides is 2. The number of carbonyl (C=O) groups excluding carboxylic acids is 2. The van der Waals surface area contributed by atoms with Crippen LogP contribution in [0.3, 0.4) is 0 Å². The minimum atomic E-state index is -1.26. The highest BCUT2D eigenvalue weighted by atomic mass is 16.6. The van der Waals surface area contributed by atoms with Crippen molar-refractivity contribution in [2.75, 3.05) is 33.9 Å². The monoisotopic (exact) mass is 516 g/mol. The van der Waals surface area contributed by atoms with Crippen molar-refractivity contribution in [2.45, 2.75) is 45.6 Å². The summed E-state index contributed by atoms with van der Waals surface area (Å²) in [4.78, 5) is 39.4. The maximum atomic E-state index is 12.8. The average Bonchev–Trinajstić information content (AvgIpc) is 2.85. The molecule has 0 aliphatic carbocycles. The molecule has 1 N–H and O–H groups in total. The van der Waals surface area contributed by atoms with E-state index in [9.17, 15) is 19.5 Å². The summed E-state index contributed by atoms with van der Waals surface area (Å²) in [5, 5.41) is 9.62. The van der Waals surface area contributed by atoms with Crippen LogP contribution in [0, 0.1) is 0 Å². The number of hydrogen-bond acceptors (Lipinski definition) is 7. The summed E-state index contributed by atoms with van der Waals surface area (Å²) in [5.74, 6) is -0.538. The van der Waals surface area contributed by atoms with Gasteiger partial charge in [0.25, 0.3) is 0 Å². The van der Waals surface area contributed by atoms with Crippen molar-refractivity contribution >= 4 is 18.2 Å². The molecule has 2 aromatic carbocycles. The number of benzene rings is 2. The van der Waals surface area contributed by atoms with Gasteiger partial charge in [0, 0.05) is 20.1 Å². The molecule has 0 aliphatic rings. The van der Waals surface area contributed by atoms with E-state index in [4.69, 9.17) is 18.9 Å². The first kappa shape index (κ1) is 29.4. The fourth-order valence-electron chi connectivity index (χ4n) is 3.18. The number of carbonyl (C=O) groups is 3. The first-order valence-corrected chi connectivity index (χ1v) is 11.8. The van der Waals surface area contributed by atoms with Crippen molar-refractivity contribution < 1.29 is 38.4 Å². The van der Waals surface area contributed by atoms with E-state index in [2.05, 4.69) is 0 Å². The number of carboxylic acids is 1. The molecule has 0 fully saturated rings.